The quantitative estimate of drug-likeness (QED) is 0.810. The van der Waals surface area contributed by atoms with E-state index in [0.29, 0.717) is 11.3 Å². The zero-order chi connectivity index (χ0) is 9.26. The first-order chi connectivity index (χ1) is 6.33. The largest absolute Gasteiger partial charge is 0.453 e. The third-order valence-electron chi connectivity index (χ3n) is 2.91. The van der Waals surface area contributed by atoms with Gasteiger partial charge in [0.15, 0.2) is 5.22 Å². The Kier molecular flexibility index (Phi) is 2.61. The van der Waals surface area contributed by atoms with Gasteiger partial charge in [0.1, 0.15) is 0 Å². The van der Waals surface area contributed by atoms with Gasteiger partial charge in [0.25, 0.3) is 0 Å². The summed E-state index contributed by atoms with van der Waals surface area (Å²) in [5.41, 5.74) is 1.11. The van der Waals surface area contributed by atoms with E-state index in [0.717, 1.165) is 11.5 Å². The monoisotopic (exact) mass is 199 g/mol. The highest BCUT2D eigenvalue weighted by molar-refractivity contribution is 6.29. The molecule has 1 unspecified atom stereocenters. The van der Waals surface area contributed by atoms with Crippen LogP contribution in [0, 0.1) is 5.92 Å². The van der Waals surface area contributed by atoms with Crippen LogP contribution in [-0.4, -0.2) is 7.05 Å². The highest BCUT2D eigenvalue weighted by atomic mass is 35.5. The Balaban J connectivity index is 2.16. The molecule has 0 aromatic carbocycles. The van der Waals surface area contributed by atoms with E-state index in [1.165, 1.54) is 19.3 Å². The predicted molar refractivity (Wildman–Crippen MR) is 52.9 cm³/mol. The first-order valence-electron chi connectivity index (χ1n) is 4.73. The molecule has 0 aliphatic heterocycles. The maximum absolute atomic E-state index is 5.93. The van der Waals surface area contributed by atoms with Crippen LogP contribution in [0.2, 0.25) is 5.22 Å². The van der Waals surface area contributed by atoms with Crippen LogP contribution < -0.4 is 5.32 Å². The molecule has 0 radical (unpaired) electrons. The second kappa shape index (κ2) is 3.72. The average molecular weight is 200 g/mol. The summed E-state index contributed by atoms with van der Waals surface area (Å²) in [4.78, 5) is 0. The molecule has 1 aromatic rings. The summed E-state index contributed by atoms with van der Waals surface area (Å²) in [7, 11) is 1.98. The van der Waals surface area contributed by atoms with Crippen LogP contribution >= 0.6 is 11.6 Å². The number of halogens is 1. The van der Waals surface area contributed by atoms with Gasteiger partial charge in [0, 0.05) is 11.6 Å². The molecule has 13 heavy (non-hydrogen) atoms. The minimum absolute atomic E-state index is 0.375. The maximum atomic E-state index is 5.93. The fourth-order valence-corrected chi connectivity index (χ4v) is 2.18. The molecule has 1 aliphatic rings. The van der Waals surface area contributed by atoms with E-state index in [1.54, 1.807) is 6.26 Å². The van der Waals surface area contributed by atoms with Crippen molar-refractivity contribution in [3.8, 4) is 0 Å². The Hall–Kier alpha value is -0.470. The van der Waals surface area contributed by atoms with Gasteiger partial charge in [-0.15, -0.1) is 0 Å². The fraction of sp³-hybridized carbons (Fsp3) is 0.600. The Morgan fingerprint density at radius 3 is 2.77 bits per heavy atom. The van der Waals surface area contributed by atoms with E-state index in [2.05, 4.69) is 5.32 Å². The van der Waals surface area contributed by atoms with Crippen molar-refractivity contribution in [3.05, 3.63) is 23.1 Å². The molecular formula is C10H14ClNO. The number of furan rings is 1. The molecule has 0 amide bonds. The summed E-state index contributed by atoms with van der Waals surface area (Å²) in [6, 6.07) is 2.34. The number of hydrogen-bond acceptors (Lipinski definition) is 2. The number of hydrogen-bond donors (Lipinski definition) is 1. The first-order valence-corrected chi connectivity index (χ1v) is 5.11. The van der Waals surface area contributed by atoms with Crippen molar-refractivity contribution < 1.29 is 4.42 Å². The SMILES string of the molecule is CNC(c1ccoc1Cl)C1CCC1. The van der Waals surface area contributed by atoms with E-state index < -0.39 is 0 Å². The average Bonchev–Trinajstić information content (AvgIpc) is 2.43. The molecule has 1 aliphatic carbocycles. The number of rotatable bonds is 3. The first kappa shape index (κ1) is 9.10. The molecule has 0 spiro atoms. The van der Waals surface area contributed by atoms with Crippen molar-refractivity contribution in [3.63, 3.8) is 0 Å². The standard InChI is InChI=1S/C10H14ClNO/c1-12-9(7-3-2-4-7)8-5-6-13-10(8)11/h5-7,9,12H,2-4H2,1H3. The summed E-state index contributed by atoms with van der Waals surface area (Å²) < 4.78 is 5.09. The summed E-state index contributed by atoms with van der Waals surface area (Å²) in [5, 5.41) is 3.84. The predicted octanol–water partition coefficient (Wildman–Crippen LogP) is 2.99. The maximum Gasteiger partial charge on any atom is 0.197 e. The second-order valence-electron chi connectivity index (χ2n) is 3.61. The minimum Gasteiger partial charge on any atom is -0.453 e. The van der Waals surface area contributed by atoms with Gasteiger partial charge in [-0.05, 0) is 43.5 Å². The van der Waals surface area contributed by atoms with Crippen LogP contribution in [0.25, 0.3) is 0 Å². The highest BCUT2D eigenvalue weighted by Crippen LogP contribution is 2.39. The van der Waals surface area contributed by atoms with Gasteiger partial charge >= 0.3 is 0 Å². The molecule has 2 rings (SSSR count). The third kappa shape index (κ3) is 1.61. The normalized spacial score (nSPS) is 19.8. The molecule has 1 saturated carbocycles. The van der Waals surface area contributed by atoms with Gasteiger partial charge in [-0.1, -0.05) is 6.42 Å². The Labute approximate surface area is 83.3 Å². The van der Waals surface area contributed by atoms with Crippen molar-refractivity contribution in [2.24, 2.45) is 5.92 Å². The van der Waals surface area contributed by atoms with Crippen LogP contribution in [0.5, 0.6) is 0 Å². The molecule has 1 N–H and O–H groups in total. The molecule has 3 heteroatoms. The lowest BCUT2D eigenvalue weighted by Gasteiger charge is -2.33. The molecule has 72 valence electrons. The Morgan fingerprint density at radius 2 is 2.38 bits per heavy atom. The van der Waals surface area contributed by atoms with E-state index >= 15 is 0 Å². The third-order valence-corrected chi connectivity index (χ3v) is 3.22. The lowest BCUT2D eigenvalue weighted by atomic mass is 9.78. The van der Waals surface area contributed by atoms with Crippen molar-refractivity contribution in [1.82, 2.24) is 5.32 Å². The fourth-order valence-electron chi connectivity index (χ4n) is 1.94. The Bertz CT molecular complexity index is 280. The van der Waals surface area contributed by atoms with Crippen LogP contribution in [-0.2, 0) is 0 Å². The summed E-state index contributed by atoms with van der Waals surface area (Å²) in [5.74, 6) is 0.736. The van der Waals surface area contributed by atoms with Gasteiger partial charge in [-0.2, -0.15) is 0 Å². The van der Waals surface area contributed by atoms with Crippen LogP contribution in [0.15, 0.2) is 16.7 Å². The molecule has 1 aromatic heterocycles. The minimum atomic E-state index is 0.375. The molecule has 0 bridgehead atoms. The van der Waals surface area contributed by atoms with Gasteiger partial charge in [-0.25, -0.2) is 0 Å². The lowest BCUT2D eigenvalue weighted by Crippen LogP contribution is -2.29. The zero-order valence-corrected chi connectivity index (χ0v) is 8.47. The molecule has 1 fully saturated rings. The van der Waals surface area contributed by atoms with Crippen molar-refractivity contribution >= 4 is 11.6 Å². The summed E-state index contributed by atoms with van der Waals surface area (Å²) in [6.07, 6.45) is 5.60. The van der Waals surface area contributed by atoms with Crippen LogP contribution in [0.1, 0.15) is 30.9 Å². The van der Waals surface area contributed by atoms with E-state index in [9.17, 15) is 0 Å². The van der Waals surface area contributed by atoms with Gasteiger partial charge in [0.05, 0.1) is 6.26 Å². The zero-order valence-electron chi connectivity index (χ0n) is 7.72. The molecule has 1 atom stereocenters. The molecule has 2 nitrogen and oxygen atoms in total. The van der Waals surface area contributed by atoms with E-state index in [-0.39, 0.29) is 0 Å². The van der Waals surface area contributed by atoms with Crippen molar-refractivity contribution in [2.45, 2.75) is 25.3 Å². The Morgan fingerprint density at radius 1 is 1.62 bits per heavy atom. The van der Waals surface area contributed by atoms with E-state index in [4.69, 9.17) is 16.0 Å². The topological polar surface area (TPSA) is 25.2 Å². The van der Waals surface area contributed by atoms with Crippen LogP contribution in [0.4, 0.5) is 0 Å². The second-order valence-corrected chi connectivity index (χ2v) is 3.95. The molecular weight excluding hydrogens is 186 g/mol. The van der Waals surface area contributed by atoms with Crippen LogP contribution in [0.3, 0.4) is 0 Å². The number of nitrogens with one attached hydrogen (secondary N) is 1. The van der Waals surface area contributed by atoms with Gasteiger partial charge in [-0.3, -0.25) is 0 Å². The smallest absolute Gasteiger partial charge is 0.197 e. The lowest BCUT2D eigenvalue weighted by molar-refractivity contribution is 0.239. The van der Waals surface area contributed by atoms with Crippen molar-refractivity contribution in [2.75, 3.05) is 7.05 Å². The summed E-state index contributed by atoms with van der Waals surface area (Å²) >= 11 is 5.93. The molecule has 0 saturated heterocycles. The summed E-state index contributed by atoms with van der Waals surface area (Å²) in [6.45, 7) is 0. The van der Waals surface area contributed by atoms with E-state index in [1.807, 2.05) is 13.1 Å². The highest BCUT2D eigenvalue weighted by Gasteiger charge is 2.29. The molecule has 1 heterocycles. The van der Waals surface area contributed by atoms with Gasteiger partial charge < -0.3 is 9.73 Å². The van der Waals surface area contributed by atoms with Crippen molar-refractivity contribution in [1.29, 1.82) is 0 Å². The van der Waals surface area contributed by atoms with Gasteiger partial charge in [0.2, 0.25) is 0 Å².